The first kappa shape index (κ1) is 26.1. The highest BCUT2D eigenvalue weighted by Crippen LogP contribution is 2.51. The molecule has 1 heteroatoms. The van der Waals surface area contributed by atoms with Crippen molar-refractivity contribution in [3.05, 3.63) is 170 Å². The molecule has 0 aliphatic rings. The fourth-order valence-corrected chi connectivity index (χ4v) is 7.90. The molecule has 0 bridgehead atoms. The number of furan rings is 1. The smallest absolute Gasteiger partial charge is 0.136 e. The van der Waals surface area contributed by atoms with Crippen LogP contribution in [-0.4, -0.2) is 0 Å². The minimum Gasteiger partial charge on any atom is -0.456 e. The minimum atomic E-state index is 0.935. The van der Waals surface area contributed by atoms with E-state index in [1.807, 2.05) is 0 Å². The molecule has 0 spiro atoms. The second-order valence-corrected chi connectivity index (χ2v) is 12.4. The van der Waals surface area contributed by atoms with Gasteiger partial charge in [-0.15, -0.1) is 0 Å². The highest BCUT2D eigenvalue weighted by molar-refractivity contribution is 6.30. The maximum Gasteiger partial charge on any atom is 0.136 e. The van der Waals surface area contributed by atoms with Crippen molar-refractivity contribution in [3.63, 3.8) is 0 Å². The van der Waals surface area contributed by atoms with Crippen LogP contribution >= 0.6 is 0 Å². The summed E-state index contributed by atoms with van der Waals surface area (Å²) in [6, 6.07) is 61.6. The van der Waals surface area contributed by atoms with Gasteiger partial charge in [-0.2, -0.15) is 0 Å². The van der Waals surface area contributed by atoms with Crippen molar-refractivity contribution in [2.45, 2.75) is 0 Å². The fourth-order valence-electron chi connectivity index (χ4n) is 7.90. The highest BCUT2D eigenvalue weighted by atomic mass is 16.3. The van der Waals surface area contributed by atoms with Crippen LogP contribution in [0.5, 0.6) is 0 Å². The standard InChI is InChI=1S/C46H28O/c1-3-14-29(15-4-1)32-23-12-24-33(30-16-5-2-6-17-30)44(32)45-36-21-9-7-19-34(36)43(35-20-8-10-22-37(35)45)39-28-31-18-11-26-40-42(31)46-38(39)25-13-27-41(46)47-40/h1-28H. The highest BCUT2D eigenvalue weighted by Gasteiger charge is 2.24. The third-order valence-electron chi connectivity index (χ3n) is 9.83. The van der Waals surface area contributed by atoms with E-state index in [0.717, 1.165) is 11.2 Å². The molecule has 0 aliphatic heterocycles. The molecule has 0 aliphatic carbocycles. The van der Waals surface area contributed by atoms with E-state index in [0.29, 0.717) is 0 Å². The molecule has 0 saturated heterocycles. The molecule has 47 heavy (non-hydrogen) atoms. The van der Waals surface area contributed by atoms with Crippen molar-refractivity contribution in [2.24, 2.45) is 0 Å². The topological polar surface area (TPSA) is 13.1 Å². The average molecular weight is 597 g/mol. The lowest BCUT2D eigenvalue weighted by Gasteiger charge is -2.23. The van der Waals surface area contributed by atoms with Crippen LogP contribution < -0.4 is 0 Å². The first-order valence-electron chi connectivity index (χ1n) is 16.2. The Hall–Kier alpha value is -6.18. The summed E-state index contributed by atoms with van der Waals surface area (Å²) in [7, 11) is 0. The summed E-state index contributed by atoms with van der Waals surface area (Å²) >= 11 is 0. The first-order valence-corrected chi connectivity index (χ1v) is 16.2. The summed E-state index contributed by atoms with van der Waals surface area (Å²) < 4.78 is 6.37. The van der Waals surface area contributed by atoms with Gasteiger partial charge in [-0.3, -0.25) is 0 Å². The minimum absolute atomic E-state index is 0.935. The summed E-state index contributed by atoms with van der Waals surface area (Å²) in [6.07, 6.45) is 0. The maximum absolute atomic E-state index is 6.37. The van der Waals surface area contributed by atoms with E-state index in [2.05, 4.69) is 170 Å². The van der Waals surface area contributed by atoms with Gasteiger partial charge in [-0.1, -0.05) is 152 Å². The van der Waals surface area contributed by atoms with E-state index in [1.165, 1.54) is 87.6 Å². The maximum atomic E-state index is 6.37. The van der Waals surface area contributed by atoms with E-state index in [9.17, 15) is 0 Å². The molecule has 10 aromatic rings. The van der Waals surface area contributed by atoms with Crippen molar-refractivity contribution >= 4 is 54.3 Å². The molecule has 0 radical (unpaired) electrons. The van der Waals surface area contributed by atoms with Crippen LogP contribution in [0.25, 0.3) is 98.8 Å². The number of rotatable bonds is 4. The SMILES string of the molecule is c1ccc(-c2cccc(-c3ccccc3)c2-c2c3ccccc3c(-c3cc4cccc5oc6cccc3c6c45)c3ccccc23)cc1. The van der Waals surface area contributed by atoms with Gasteiger partial charge in [0.25, 0.3) is 0 Å². The zero-order valence-electron chi connectivity index (χ0n) is 25.6. The molecule has 0 unspecified atom stereocenters. The molecule has 9 aromatic carbocycles. The number of fused-ring (bicyclic) bond motifs is 2. The van der Waals surface area contributed by atoms with Crippen molar-refractivity contribution in [3.8, 4) is 44.5 Å². The lowest BCUT2D eigenvalue weighted by atomic mass is 9.80. The van der Waals surface area contributed by atoms with E-state index in [-0.39, 0.29) is 0 Å². The average Bonchev–Trinajstić information content (AvgIpc) is 3.53. The van der Waals surface area contributed by atoms with Crippen molar-refractivity contribution < 1.29 is 4.42 Å². The second kappa shape index (κ2) is 10.2. The van der Waals surface area contributed by atoms with Crippen LogP contribution in [0.3, 0.4) is 0 Å². The Kier molecular flexibility index (Phi) is 5.64. The molecule has 0 fully saturated rings. The predicted molar refractivity (Wildman–Crippen MR) is 199 cm³/mol. The van der Waals surface area contributed by atoms with E-state index >= 15 is 0 Å². The fraction of sp³-hybridized carbons (Fsp3) is 0. The Bertz CT molecular complexity index is 2650. The first-order chi connectivity index (χ1) is 23.3. The molecule has 10 rings (SSSR count). The van der Waals surface area contributed by atoms with Crippen LogP contribution in [0.15, 0.2) is 174 Å². The van der Waals surface area contributed by atoms with Crippen LogP contribution in [0, 0.1) is 0 Å². The van der Waals surface area contributed by atoms with Gasteiger partial charge in [0.1, 0.15) is 11.2 Å². The zero-order valence-corrected chi connectivity index (χ0v) is 25.6. The van der Waals surface area contributed by atoms with E-state index < -0.39 is 0 Å². The Morgan fingerprint density at radius 1 is 0.298 bits per heavy atom. The third-order valence-corrected chi connectivity index (χ3v) is 9.83. The summed E-state index contributed by atoms with van der Waals surface area (Å²) in [5.74, 6) is 0. The monoisotopic (exact) mass is 596 g/mol. The summed E-state index contributed by atoms with van der Waals surface area (Å²) in [6.45, 7) is 0. The molecular weight excluding hydrogens is 569 g/mol. The number of benzene rings is 9. The van der Waals surface area contributed by atoms with Gasteiger partial charge in [0.05, 0.1) is 0 Å². The summed E-state index contributed by atoms with van der Waals surface area (Å²) in [5, 5.41) is 9.80. The third kappa shape index (κ3) is 3.84. The number of hydrogen-bond acceptors (Lipinski definition) is 1. The lowest BCUT2D eigenvalue weighted by Crippen LogP contribution is -1.95. The van der Waals surface area contributed by atoms with Crippen LogP contribution in [0.1, 0.15) is 0 Å². The Morgan fingerprint density at radius 2 is 0.766 bits per heavy atom. The van der Waals surface area contributed by atoms with Crippen LogP contribution in [0.2, 0.25) is 0 Å². The quantitative estimate of drug-likeness (QED) is 0.145. The van der Waals surface area contributed by atoms with Crippen molar-refractivity contribution in [1.29, 1.82) is 0 Å². The van der Waals surface area contributed by atoms with Gasteiger partial charge in [0.2, 0.25) is 0 Å². The molecule has 1 heterocycles. The van der Waals surface area contributed by atoms with E-state index in [4.69, 9.17) is 4.42 Å². The Morgan fingerprint density at radius 3 is 1.36 bits per heavy atom. The van der Waals surface area contributed by atoms with Crippen LogP contribution in [0.4, 0.5) is 0 Å². The Labute approximate surface area is 272 Å². The lowest BCUT2D eigenvalue weighted by molar-refractivity contribution is 0.669. The molecule has 1 nitrogen and oxygen atoms in total. The molecular formula is C46H28O. The van der Waals surface area contributed by atoms with Gasteiger partial charge in [-0.25, -0.2) is 0 Å². The molecule has 0 saturated carbocycles. The number of hydrogen-bond donors (Lipinski definition) is 0. The molecule has 0 amide bonds. The Balaban J connectivity index is 1.40. The van der Waals surface area contributed by atoms with E-state index in [1.54, 1.807) is 0 Å². The largest absolute Gasteiger partial charge is 0.456 e. The van der Waals surface area contributed by atoms with Gasteiger partial charge in [-0.05, 0) is 95.0 Å². The van der Waals surface area contributed by atoms with Crippen molar-refractivity contribution in [1.82, 2.24) is 0 Å². The van der Waals surface area contributed by atoms with Gasteiger partial charge < -0.3 is 4.42 Å². The summed E-state index contributed by atoms with van der Waals surface area (Å²) in [5.41, 5.74) is 11.8. The predicted octanol–water partition coefficient (Wildman–Crippen LogP) is 13.2. The van der Waals surface area contributed by atoms with Gasteiger partial charge in [0, 0.05) is 10.8 Å². The molecule has 218 valence electrons. The van der Waals surface area contributed by atoms with Crippen molar-refractivity contribution in [2.75, 3.05) is 0 Å². The molecule has 0 N–H and O–H groups in total. The zero-order chi connectivity index (χ0) is 30.9. The van der Waals surface area contributed by atoms with Gasteiger partial charge >= 0.3 is 0 Å². The second-order valence-electron chi connectivity index (χ2n) is 12.4. The normalized spacial score (nSPS) is 11.8. The molecule has 0 atom stereocenters. The van der Waals surface area contributed by atoms with Gasteiger partial charge in [0.15, 0.2) is 0 Å². The van der Waals surface area contributed by atoms with Crippen LogP contribution in [-0.2, 0) is 0 Å². The molecule has 1 aromatic heterocycles. The summed E-state index contributed by atoms with van der Waals surface area (Å²) in [4.78, 5) is 0.